The second-order valence-electron chi connectivity index (χ2n) is 5.74. The fourth-order valence-corrected chi connectivity index (χ4v) is 2.30. The van der Waals surface area contributed by atoms with Crippen LogP contribution in [0, 0.1) is 0 Å². The molecule has 0 aliphatic carbocycles. The van der Waals surface area contributed by atoms with Crippen molar-refractivity contribution < 1.29 is 19.1 Å². The average molecular weight is 376 g/mol. The van der Waals surface area contributed by atoms with E-state index in [9.17, 15) is 9.59 Å². The number of carbonyl (C=O) groups excluding carboxylic acids is 2. The van der Waals surface area contributed by atoms with Gasteiger partial charge in [0.2, 0.25) is 0 Å². The summed E-state index contributed by atoms with van der Waals surface area (Å²) in [5.74, 6) is -0.201. The maximum absolute atomic E-state index is 12.2. The van der Waals surface area contributed by atoms with Crippen LogP contribution in [0.3, 0.4) is 0 Å². The van der Waals surface area contributed by atoms with E-state index in [0.29, 0.717) is 28.6 Å². The summed E-state index contributed by atoms with van der Waals surface area (Å²) >= 11 is 6.03. The van der Waals surface area contributed by atoms with Crippen molar-refractivity contribution in [1.82, 2.24) is 0 Å². The predicted octanol–water partition coefficient (Wildman–Crippen LogP) is 4.70. The molecule has 0 spiro atoms. The number of carbonyl (C=O) groups is 2. The van der Waals surface area contributed by atoms with Crippen molar-refractivity contribution in [2.75, 3.05) is 11.9 Å². The summed E-state index contributed by atoms with van der Waals surface area (Å²) in [6.45, 7) is 4.08. The van der Waals surface area contributed by atoms with Crippen LogP contribution in [0.4, 0.5) is 5.69 Å². The number of para-hydroxylation sites is 1. The zero-order valence-electron chi connectivity index (χ0n) is 14.8. The number of ether oxygens (including phenoxy) is 2. The van der Waals surface area contributed by atoms with E-state index in [1.165, 1.54) is 0 Å². The van der Waals surface area contributed by atoms with Crippen molar-refractivity contribution in [2.24, 2.45) is 0 Å². The molecule has 0 aliphatic rings. The molecule has 6 heteroatoms. The number of anilines is 1. The minimum Gasteiger partial charge on any atom is -0.481 e. The molecule has 0 radical (unpaired) electrons. The number of esters is 1. The smallest absolute Gasteiger partial charge is 0.338 e. The Morgan fingerprint density at radius 2 is 1.81 bits per heavy atom. The molecule has 2 aromatic rings. The summed E-state index contributed by atoms with van der Waals surface area (Å²) in [5, 5.41) is 3.18. The summed E-state index contributed by atoms with van der Waals surface area (Å²) in [5.41, 5.74) is 0.974. The Bertz CT molecular complexity index is 746. The molecule has 2 rings (SSSR count). The number of benzene rings is 2. The van der Waals surface area contributed by atoms with Crippen LogP contribution >= 0.6 is 11.6 Å². The van der Waals surface area contributed by atoms with Gasteiger partial charge in [-0.2, -0.15) is 0 Å². The van der Waals surface area contributed by atoms with Crippen molar-refractivity contribution >= 4 is 29.2 Å². The fraction of sp³-hybridized carbons (Fsp3) is 0.300. The van der Waals surface area contributed by atoms with Gasteiger partial charge in [-0.3, -0.25) is 4.79 Å². The largest absolute Gasteiger partial charge is 0.481 e. The first-order chi connectivity index (χ1) is 12.5. The molecule has 26 heavy (non-hydrogen) atoms. The Morgan fingerprint density at radius 1 is 1.12 bits per heavy atom. The molecule has 0 bridgehead atoms. The van der Waals surface area contributed by atoms with Gasteiger partial charge in [-0.15, -0.1) is 0 Å². The third kappa shape index (κ3) is 5.77. The van der Waals surface area contributed by atoms with E-state index in [-0.39, 0.29) is 11.9 Å². The van der Waals surface area contributed by atoms with Gasteiger partial charge in [-0.05, 0) is 49.7 Å². The Kier molecular flexibility index (Phi) is 7.48. The van der Waals surface area contributed by atoms with Crippen LogP contribution in [0.2, 0.25) is 5.02 Å². The van der Waals surface area contributed by atoms with E-state index in [1.54, 1.807) is 55.5 Å². The van der Waals surface area contributed by atoms with E-state index in [0.717, 1.165) is 12.8 Å². The molecule has 0 fully saturated rings. The molecule has 0 aromatic heterocycles. The second kappa shape index (κ2) is 9.82. The molecule has 1 amide bonds. The van der Waals surface area contributed by atoms with Gasteiger partial charge in [0.1, 0.15) is 5.75 Å². The molecular formula is C20H22ClNO4. The molecule has 2 aromatic carbocycles. The fourth-order valence-electron chi connectivity index (χ4n) is 2.12. The van der Waals surface area contributed by atoms with Crippen LogP contribution in [-0.4, -0.2) is 24.6 Å². The molecule has 0 saturated heterocycles. The zero-order valence-corrected chi connectivity index (χ0v) is 15.6. The quantitative estimate of drug-likeness (QED) is 0.536. The van der Waals surface area contributed by atoms with Gasteiger partial charge in [0.15, 0.2) is 6.10 Å². The van der Waals surface area contributed by atoms with Crippen LogP contribution in [0.5, 0.6) is 5.75 Å². The highest BCUT2D eigenvalue weighted by Crippen LogP contribution is 2.21. The molecule has 1 atom stereocenters. The van der Waals surface area contributed by atoms with Crippen molar-refractivity contribution in [3.63, 3.8) is 0 Å². The lowest BCUT2D eigenvalue weighted by molar-refractivity contribution is -0.122. The first-order valence-corrected chi connectivity index (χ1v) is 8.88. The monoisotopic (exact) mass is 375 g/mol. The third-order valence-electron chi connectivity index (χ3n) is 3.63. The molecule has 1 N–H and O–H groups in total. The van der Waals surface area contributed by atoms with E-state index in [2.05, 4.69) is 5.32 Å². The van der Waals surface area contributed by atoms with Crippen molar-refractivity contribution in [3.05, 3.63) is 59.1 Å². The maximum atomic E-state index is 12.2. The van der Waals surface area contributed by atoms with Gasteiger partial charge in [-0.25, -0.2) is 4.79 Å². The van der Waals surface area contributed by atoms with E-state index in [1.807, 2.05) is 6.92 Å². The summed E-state index contributed by atoms with van der Waals surface area (Å²) in [7, 11) is 0. The van der Waals surface area contributed by atoms with Crippen LogP contribution in [-0.2, 0) is 9.53 Å². The summed E-state index contributed by atoms with van der Waals surface area (Å²) < 4.78 is 10.8. The normalized spacial score (nSPS) is 11.5. The number of hydrogen-bond acceptors (Lipinski definition) is 4. The Labute approximate surface area is 158 Å². The average Bonchev–Trinajstić information content (AvgIpc) is 2.64. The number of hydrogen-bond donors (Lipinski definition) is 1. The van der Waals surface area contributed by atoms with Gasteiger partial charge in [0, 0.05) is 0 Å². The minimum atomic E-state index is -0.728. The molecule has 0 heterocycles. The second-order valence-corrected chi connectivity index (χ2v) is 6.15. The zero-order chi connectivity index (χ0) is 18.9. The van der Waals surface area contributed by atoms with Gasteiger partial charge in [0.25, 0.3) is 5.91 Å². The predicted molar refractivity (Wildman–Crippen MR) is 102 cm³/mol. The van der Waals surface area contributed by atoms with E-state index < -0.39 is 6.10 Å². The SMILES string of the molecule is CCCCOC(=O)c1ccc(O[C@H](C)C(=O)Nc2ccccc2Cl)cc1. The third-order valence-corrected chi connectivity index (χ3v) is 3.96. The van der Waals surface area contributed by atoms with Crippen LogP contribution in [0.25, 0.3) is 0 Å². The Balaban J connectivity index is 1.90. The summed E-state index contributed by atoms with van der Waals surface area (Å²) in [6.07, 6.45) is 1.08. The van der Waals surface area contributed by atoms with Crippen molar-refractivity contribution in [2.45, 2.75) is 32.8 Å². The highest BCUT2D eigenvalue weighted by atomic mass is 35.5. The first-order valence-electron chi connectivity index (χ1n) is 8.50. The Morgan fingerprint density at radius 3 is 2.46 bits per heavy atom. The van der Waals surface area contributed by atoms with E-state index >= 15 is 0 Å². The molecule has 0 saturated carbocycles. The highest BCUT2D eigenvalue weighted by molar-refractivity contribution is 6.33. The number of rotatable bonds is 8. The van der Waals surface area contributed by atoms with Crippen molar-refractivity contribution in [3.8, 4) is 5.75 Å². The lowest BCUT2D eigenvalue weighted by Crippen LogP contribution is -2.30. The topological polar surface area (TPSA) is 64.6 Å². The van der Waals surface area contributed by atoms with Crippen molar-refractivity contribution in [1.29, 1.82) is 0 Å². The van der Waals surface area contributed by atoms with Crippen LogP contribution in [0.15, 0.2) is 48.5 Å². The standard InChI is InChI=1S/C20H22ClNO4/c1-3-4-13-25-20(24)15-9-11-16(12-10-15)26-14(2)19(23)22-18-8-6-5-7-17(18)21/h5-12,14H,3-4,13H2,1-2H3,(H,22,23)/t14-/m1/s1. The first kappa shape index (κ1) is 19.8. The lowest BCUT2D eigenvalue weighted by Gasteiger charge is -2.15. The van der Waals surface area contributed by atoms with Gasteiger partial charge >= 0.3 is 5.97 Å². The van der Waals surface area contributed by atoms with E-state index in [4.69, 9.17) is 21.1 Å². The molecule has 5 nitrogen and oxygen atoms in total. The molecule has 138 valence electrons. The van der Waals surface area contributed by atoms with Gasteiger partial charge in [0.05, 0.1) is 22.9 Å². The van der Waals surface area contributed by atoms with Gasteiger partial charge < -0.3 is 14.8 Å². The molecule has 0 unspecified atom stereocenters. The maximum Gasteiger partial charge on any atom is 0.338 e. The Hall–Kier alpha value is -2.53. The van der Waals surface area contributed by atoms with Gasteiger partial charge in [-0.1, -0.05) is 37.1 Å². The number of amides is 1. The van der Waals surface area contributed by atoms with Crippen LogP contribution < -0.4 is 10.1 Å². The number of nitrogens with one attached hydrogen (secondary N) is 1. The lowest BCUT2D eigenvalue weighted by atomic mass is 10.2. The highest BCUT2D eigenvalue weighted by Gasteiger charge is 2.16. The summed E-state index contributed by atoms with van der Waals surface area (Å²) in [4.78, 5) is 24.1. The number of halogens is 1. The number of unbranched alkanes of at least 4 members (excludes halogenated alkanes) is 1. The molecular weight excluding hydrogens is 354 g/mol. The molecule has 0 aliphatic heterocycles. The summed E-state index contributed by atoms with van der Waals surface area (Å²) in [6, 6.07) is 13.5. The minimum absolute atomic E-state index is 0.318. The van der Waals surface area contributed by atoms with Crippen LogP contribution in [0.1, 0.15) is 37.0 Å².